The first-order valence-electron chi connectivity index (χ1n) is 7.19. The third-order valence-electron chi connectivity index (χ3n) is 3.80. The second-order valence-electron chi connectivity index (χ2n) is 5.16. The van der Waals surface area contributed by atoms with Crippen LogP contribution in [0.1, 0.15) is 11.6 Å². The minimum atomic E-state index is -0.422. The van der Waals surface area contributed by atoms with E-state index in [-0.39, 0.29) is 5.82 Å². The average Bonchev–Trinajstić information content (AvgIpc) is 2.57. The van der Waals surface area contributed by atoms with Crippen molar-refractivity contribution in [1.29, 1.82) is 5.26 Å². The predicted octanol–water partition coefficient (Wildman–Crippen LogP) is 2.00. The third kappa shape index (κ3) is 3.05. The highest BCUT2D eigenvalue weighted by atomic mass is 19.1. The summed E-state index contributed by atoms with van der Waals surface area (Å²) in [6.07, 6.45) is 3.44. The van der Waals surface area contributed by atoms with Crippen molar-refractivity contribution in [2.75, 3.05) is 31.1 Å². The van der Waals surface area contributed by atoms with Gasteiger partial charge in [-0.15, -0.1) is 0 Å². The lowest BCUT2D eigenvalue weighted by atomic mass is 10.1. The molecule has 1 unspecified atom stereocenters. The molecule has 1 atom stereocenters. The van der Waals surface area contributed by atoms with E-state index in [1.54, 1.807) is 30.6 Å². The first-order valence-corrected chi connectivity index (χ1v) is 7.19. The Morgan fingerprint density at radius 2 is 1.82 bits per heavy atom. The number of nitrogens with zero attached hydrogens (tertiary/aromatic N) is 5. The zero-order chi connectivity index (χ0) is 15.4. The number of nitriles is 1. The largest absolute Gasteiger partial charge is 0.338 e. The second-order valence-corrected chi connectivity index (χ2v) is 5.16. The van der Waals surface area contributed by atoms with Gasteiger partial charge in [0.15, 0.2) is 0 Å². The standard InChI is InChI=1S/C16H16FN5/c17-14-4-1-3-13(11-14)15(12-18)21-7-9-22(10-8-21)16-19-5-2-6-20-16/h1-6,11,15H,7-10H2. The fraction of sp³-hybridized carbons (Fsp3) is 0.312. The van der Waals surface area contributed by atoms with Crippen LogP contribution >= 0.6 is 0 Å². The van der Waals surface area contributed by atoms with Gasteiger partial charge in [0.1, 0.15) is 11.9 Å². The summed E-state index contributed by atoms with van der Waals surface area (Å²) in [6.45, 7) is 2.93. The second kappa shape index (κ2) is 6.50. The van der Waals surface area contributed by atoms with Crippen LogP contribution in [-0.2, 0) is 0 Å². The molecule has 0 saturated carbocycles. The number of anilines is 1. The van der Waals surface area contributed by atoms with Crippen LogP contribution < -0.4 is 4.90 Å². The molecule has 0 amide bonds. The van der Waals surface area contributed by atoms with E-state index in [2.05, 4.69) is 25.8 Å². The fourth-order valence-electron chi connectivity index (χ4n) is 2.68. The van der Waals surface area contributed by atoms with Gasteiger partial charge in [-0.1, -0.05) is 12.1 Å². The van der Waals surface area contributed by atoms with Crippen molar-refractivity contribution in [3.05, 3.63) is 54.1 Å². The van der Waals surface area contributed by atoms with Crippen LogP contribution in [0.4, 0.5) is 10.3 Å². The van der Waals surface area contributed by atoms with Gasteiger partial charge in [-0.3, -0.25) is 4.90 Å². The number of piperazine rings is 1. The molecule has 5 nitrogen and oxygen atoms in total. The maximum Gasteiger partial charge on any atom is 0.225 e. The molecule has 1 aliphatic rings. The number of benzene rings is 1. The van der Waals surface area contributed by atoms with Crippen molar-refractivity contribution in [1.82, 2.24) is 14.9 Å². The van der Waals surface area contributed by atoms with E-state index < -0.39 is 6.04 Å². The summed E-state index contributed by atoms with van der Waals surface area (Å²) in [5, 5.41) is 9.45. The summed E-state index contributed by atoms with van der Waals surface area (Å²) in [5.41, 5.74) is 0.701. The van der Waals surface area contributed by atoms with E-state index in [9.17, 15) is 9.65 Å². The van der Waals surface area contributed by atoms with Crippen molar-refractivity contribution >= 4 is 5.95 Å². The highest BCUT2D eigenvalue weighted by Gasteiger charge is 2.26. The summed E-state index contributed by atoms with van der Waals surface area (Å²) in [6, 6.07) is 9.90. The Kier molecular flexibility index (Phi) is 4.26. The zero-order valence-corrected chi connectivity index (χ0v) is 12.1. The van der Waals surface area contributed by atoms with Crippen molar-refractivity contribution in [2.24, 2.45) is 0 Å². The summed E-state index contributed by atoms with van der Waals surface area (Å²) < 4.78 is 13.4. The Hall–Kier alpha value is -2.52. The normalized spacial score (nSPS) is 17.0. The smallest absolute Gasteiger partial charge is 0.225 e. The monoisotopic (exact) mass is 297 g/mol. The Balaban J connectivity index is 1.69. The molecule has 1 aliphatic heterocycles. The van der Waals surface area contributed by atoms with Crippen LogP contribution in [0.2, 0.25) is 0 Å². The van der Waals surface area contributed by atoms with Gasteiger partial charge < -0.3 is 4.90 Å². The minimum Gasteiger partial charge on any atom is -0.338 e. The van der Waals surface area contributed by atoms with Crippen LogP contribution in [0.25, 0.3) is 0 Å². The van der Waals surface area contributed by atoms with Crippen LogP contribution in [0, 0.1) is 17.1 Å². The number of rotatable bonds is 3. The van der Waals surface area contributed by atoms with E-state index in [0.717, 1.165) is 13.1 Å². The average molecular weight is 297 g/mol. The van der Waals surface area contributed by atoms with Crippen LogP contribution in [0.5, 0.6) is 0 Å². The SMILES string of the molecule is N#CC(c1cccc(F)c1)N1CCN(c2ncccn2)CC1. The van der Waals surface area contributed by atoms with Gasteiger partial charge in [0.2, 0.25) is 5.95 Å². The lowest BCUT2D eigenvalue weighted by molar-refractivity contribution is 0.221. The molecule has 2 heterocycles. The highest BCUT2D eigenvalue weighted by molar-refractivity contribution is 5.30. The first kappa shape index (κ1) is 14.4. The van der Waals surface area contributed by atoms with Gasteiger partial charge in [-0.2, -0.15) is 5.26 Å². The first-order chi connectivity index (χ1) is 10.8. The maximum absolute atomic E-state index is 13.4. The Morgan fingerprint density at radius 1 is 1.09 bits per heavy atom. The molecule has 0 bridgehead atoms. The molecule has 0 radical (unpaired) electrons. The van der Waals surface area contributed by atoms with Gasteiger partial charge in [-0.05, 0) is 23.8 Å². The van der Waals surface area contributed by atoms with Crippen molar-refractivity contribution in [3.8, 4) is 6.07 Å². The highest BCUT2D eigenvalue weighted by Crippen LogP contribution is 2.23. The van der Waals surface area contributed by atoms with Gasteiger partial charge in [-0.25, -0.2) is 14.4 Å². The minimum absolute atomic E-state index is 0.311. The quantitative estimate of drug-likeness (QED) is 0.867. The number of aromatic nitrogens is 2. The third-order valence-corrected chi connectivity index (χ3v) is 3.80. The lowest BCUT2D eigenvalue weighted by Gasteiger charge is -2.36. The van der Waals surface area contributed by atoms with Crippen LogP contribution in [-0.4, -0.2) is 41.0 Å². The van der Waals surface area contributed by atoms with E-state index in [1.165, 1.54) is 12.1 Å². The molecule has 0 N–H and O–H groups in total. The molecule has 3 rings (SSSR count). The zero-order valence-electron chi connectivity index (χ0n) is 12.1. The molecule has 0 aliphatic carbocycles. The molecule has 6 heteroatoms. The molecule has 112 valence electrons. The van der Waals surface area contributed by atoms with Crippen molar-refractivity contribution < 1.29 is 4.39 Å². The Labute approximate surface area is 128 Å². The Morgan fingerprint density at radius 3 is 2.45 bits per heavy atom. The topological polar surface area (TPSA) is 56.1 Å². The predicted molar refractivity (Wildman–Crippen MR) is 80.6 cm³/mol. The molecular formula is C16H16FN5. The molecule has 1 aromatic carbocycles. The summed E-state index contributed by atoms with van der Waals surface area (Å²) in [7, 11) is 0. The van der Waals surface area contributed by atoms with Gasteiger partial charge in [0.25, 0.3) is 0 Å². The summed E-state index contributed by atoms with van der Waals surface area (Å²) in [4.78, 5) is 12.6. The van der Waals surface area contributed by atoms with Gasteiger partial charge >= 0.3 is 0 Å². The molecule has 1 saturated heterocycles. The molecule has 0 spiro atoms. The fourth-order valence-corrected chi connectivity index (χ4v) is 2.68. The summed E-state index contributed by atoms with van der Waals surface area (Å²) in [5.74, 6) is 0.399. The van der Waals surface area contributed by atoms with Crippen molar-refractivity contribution in [3.63, 3.8) is 0 Å². The number of hydrogen-bond acceptors (Lipinski definition) is 5. The molecule has 1 aromatic heterocycles. The molecular weight excluding hydrogens is 281 g/mol. The lowest BCUT2D eigenvalue weighted by Crippen LogP contribution is -2.48. The summed E-state index contributed by atoms with van der Waals surface area (Å²) >= 11 is 0. The van der Waals surface area contributed by atoms with Crippen LogP contribution in [0.15, 0.2) is 42.7 Å². The molecule has 22 heavy (non-hydrogen) atoms. The van der Waals surface area contributed by atoms with E-state index >= 15 is 0 Å². The van der Waals surface area contributed by atoms with Gasteiger partial charge in [0, 0.05) is 38.6 Å². The van der Waals surface area contributed by atoms with E-state index in [0.29, 0.717) is 24.6 Å². The number of halogens is 1. The maximum atomic E-state index is 13.4. The number of hydrogen-bond donors (Lipinski definition) is 0. The van der Waals surface area contributed by atoms with Gasteiger partial charge in [0.05, 0.1) is 6.07 Å². The van der Waals surface area contributed by atoms with E-state index in [4.69, 9.17) is 0 Å². The van der Waals surface area contributed by atoms with E-state index in [1.807, 2.05) is 0 Å². The van der Waals surface area contributed by atoms with Crippen molar-refractivity contribution in [2.45, 2.75) is 6.04 Å². The molecule has 1 fully saturated rings. The van der Waals surface area contributed by atoms with Crippen LogP contribution in [0.3, 0.4) is 0 Å². The molecule has 2 aromatic rings. The Bertz CT molecular complexity index is 662.